The molecule has 0 N–H and O–H groups in total. The molecule has 4 heteroatoms. The van der Waals surface area contributed by atoms with Gasteiger partial charge in [-0.1, -0.05) is 90.7 Å². The lowest BCUT2D eigenvalue weighted by Gasteiger charge is -2.12. The molecule has 0 fully saturated rings. The molecule has 0 aromatic heterocycles. The van der Waals surface area contributed by atoms with Gasteiger partial charge in [-0.3, -0.25) is 0 Å². The molecule has 0 saturated carbocycles. The first-order valence-corrected chi connectivity index (χ1v) is 12.0. The van der Waals surface area contributed by atoms with Crippen LogP contribution in [0, 0.1) is 5.92 Å². The number of esters is 2. The predicted octanol–water partition coefficient (Wildman–Crippen LogP) is 7.36. The first kappa shape index (κ1) is 26.2. The van der Waals surface area contributed by atoms with Crippen LogP contribution in [0.2, 0.25) is 0 Å². The molecule has 1 rings (SSSR count). The van der Waals surface area contributed by atoms with E-state index >= 15 is 0 Å². The topological polar surface area (TPSA) is 52.6 Å². The lowest BCUT2D eigenvalue weighted by molar-refractivity contribution is 0.0448. The van der Waals surface area contributed by atoms with E-state index in [4.69, 9.17) is 9.47 Å². The Morgan fingerprint density at radius 3 is 1.73 bits per heavy atom. The number of hydrogen-bond donors (Lipinski definition) is 0. The van der Waals surface area contributed by atoms with Gasteiger partial charge in [0, 0.05) is 0 Å². The number of hydrogen-bond acceptors (Lipinski definition) is 4. The van der Waals surface area contributed by atoms with Crippen LogP contribution in [0.1, 0.15) is 119 Å². The summed E-state index contributed by atoms with van der Waals surface area (Å²) in [6.07, 6.45) is 13.7. The molecular formula is C26H42O4. The molecule has 4 nitrogen and oxygen atoms in total. The number of unbranched alkanes of at least 4 members (excludes halogenated alkanes) is 7. The molecule has 170 valence electrons. The van der Waals surface area contributed by atoms with Gasteiger partial charge in [-0.2, -0.15) is 0 Å². The molecule has 1 unspecified atom stereocenters. The normalized spacial score (nSPS) is 11.8. The van der Waals surface area contributed by atoms with Gasteiger partial charge in [0.15, 0.2) is 0 Å². The maximum absolute atomic E-state index is 12.5. The average molecular weight is 419 g/mol. The van der Waals surface area contributed by atoms with Gasteiger partial charge in [-0.15, -0.1) is 0 Å². The van der Waals surface area contributed by atoms with Crippen molar-refractivity contribution in [1.82, 2.24) is 0 Å². The second-order valence-electron chi connectivity index (χ2n) is 8.33. The van der Waals surface area contributed by atoms with Crippen LogP contribution >= 0.6 is 0 Å². The van der Waals surface area contributed by atoms with E-state index in [0.717, 1.165) is 25.7 Å². The molecule has 0 bridgehead atoms. The third kappa shape index (κ3) is 11.4. The molecule has 0 saturated heterocycles. The Hall–Kier alpha value is -1.84. The molecule has 1 aromatic carbocycles. The first-order chi connectivity index (χ1) is 14.6. The highest BCUT2D eigenvalue weighted by Crippen LogP contribution is 2.16. The Balaban J connectivity index is 2.35. The second-order valence-corrected chi connectivity index (χ2v) is 8.33. The van der Waals surface area contributed by atoms with Crippen molar-refractivity contribution in [2.24, 2.45) is 5.92 Å². The molecule has 1 atom stereocenters. The van der Waals surface area contributed by atoms with Crippen LogP contribution < -0.4 is 0 Å². The fourth-order valence-corrected chi connectivity index (χ4v) is 3.51. The minimum atomic E-state index is -0.445. The summed E-state index contributed by atoms with van der Waals surface area (Å²) >= 11 is 0. The van der Waals surface area contributed by atoms with Crippen LogP contribution in [-0.2, 0) is 9.47 Å². The Morgan fingerprint density at radius 1 is 0.700 bits per heavy atom. The van der Waals surface area contributed by atoms with E-state index in [1.807, 2.05) is 0 Å². The van der Waals surface area contributed by atoms with Crippen molar-refractivity contribution in [2.45, 2.75) is 97.8 Å². The van der Waals surface area contributed by atoms with Gasteiger partial charge in [0.25, 0.3) is 0 Å². The molecule has 0 spiro atoms. The van der Waals surface area contributed by atoms with Gasteiger partial charge < -0.3 is 9.47 Å². The summed E-state index contributed by atoms with van der Waals surface area (Å²) in [4.78, 5) is 24.9. The van der Waals surface area contributed by atoms with Gasteiger partial charge in [-0.25, -0.2) is 9.59 Å². The zero-order valence-corrected chi connectivity index (χ0v) is 19.4. The van der Waals surface area contributed by atoms with Crippen LogP contribution in [0.3, 0.4) is 0 Å². The summed E-state index contributed by atoms with van der Waals surface area (Å²) in [6.45, 7) is 7.43. The van der Waals surface area contributed by atoms with Gasteiger partial charge in [0.1, 0.15) is 0 Å². The van der Waals surface area contributed by atoms with Crippen molar-refractivity contribution in [2.75, 3.05) is 13.2 Å². The minimum absolute atomic E-state index is 0.293. The summed E-state index contributed by atoms with van der Waals surface area (Å²) in [5.74, 6) is -0.237. The third-order valence-corrected chi connectivity index (χ3v) is 5.47. The monoisotopic (exact) mass is 418 g/mol. The third-order valence-electron chi connectivity index (χ3n) is 5.47. The van der Waals surface area contributed by atoms with Crippen LogP contribution in [-0.4, -0.2) is 25.2 Å². The van der Waals surface area contributed by atoms with Crippen LogP contribution in [0.25, 0.3) is 0 Å². The van der Waals surface area contributed by atoms with Crippen molar-refractivity contribution in [3.63, 3.8) is 0 Å². The summed E-state index contributed by atoms with van der Waals surface area (Å²) in [5.41, 5.74) is 0.586. The van der Waals surface area contributed by atoms with E-state index in [1.165, 1.54) is 51.4 Å². The molecule has 0 aliphatic heterocycles. The summed E-state index contributed by atoms with van der Waals surface area (Å²) in [6, 6.07) is 6.76. The van der Waals surface area contributed by atoms with Crippen LogP contribution in [0.5, 0.6) is 0 Å². The number of rotatable bonds is 17. The van der Waals surface area contributed by atoms with E-state index in [2.05, 4.69) is 20.8 Å². The summed E-state index contributed by atoms with van der Waals surface area (Å²) in [7, 11) is 0. The fraction of sp³-hybridized carbons (Fsp3) is 0.692. The van der Waals surface area contributed by atoms with E-state index in [-0.39, 0.29) is 0 Å². The number of ether oxygens (including phenoxy) is 2. The van der Waals surface area contributed by atoms with Crippen molar-refractivity contribution in [1.29, 1.82) is 0 Å². The van der Waals surface area contributed by atoms with Gasteiger partial charge in [0.05, 0.1) is 24.3 Å². The lowest BCUT2D eigenvalue weighted by Crippen LogP contribution is -2.15. The zero-order valence-electron chi connectivity index (χ0n) is 19.4. The Labute approximate surface area is 183 Å². The Kier molecular flexibility index (Phi) is 14.8. The van der Waals surface area contributed by atoms with Crippen molar-refractivity contribution >= 4 is 11.9 Å². The minimum Gasteiger partial charge on any atom is -0.462 e. The lowest BCUT2D eigenvalue weighted by atomic mass is 9.99. The quantitative estimate of drug-likeness (QED) is 0.196. The zero-order chi connectivity index (χ0) is 22.0. The van der Waals surface area contributed by atoms with Gasteiger partial charge in [0.2, 0.25) is 0 Å². The summed E-state index contributed by atoms with van der Waals surface area (Å²) in [5, 5.41) is 0. The highest BCUT2D eigenvalue weighted by molar-refractivity contribution is 6.03. The fourth-order valence-electron chi connectivity index (χ4n) is 3.51. The van der Waals surface area contributed by atoms with Crippen LogP contribution in [0.15, 0.2) is 24.3 Å². The van der Waals surface area contributed by atoms with Gasteiger partial charge in [-0.05, 0) is 37.3 Å². The number of benzene rings is 1. The van der Waals surface area contributed by atoms with E-state index in [1.54, 1.807) is 24.3 Å². The van der Waals surface area contributed by atoms with E-state index < -0.39 is 11.9 Å². The largest absolute Gasteiger partial charge is 0.462 e. The standard InChI is InChI=1S/C26H42O4/c1-4-6-8-9-10-11-14-20-29-25(27)23-18-12-13-19-24(23)26(28)30-21-15-17-22(3)16-7-5-2/h12-13,18-19,22H,4-11,14-17,20-21H2,1-3H3. The first-order valence-electron chi connectivity index (χ1n) is 12.0. The molecule has 0 aliphatic carbocycles. The molecule has 0 aliphatic rings. The second kappa shape index (κ2) is 16.9. The summed E-state index contributed by atoms with van der Waals surface area (Å²) < 4.78 is 10.8. The highest BCUT2D eigenvalue weighted by atomic mass is 16.5. The SMILES string of the molecule is CCCCCCCCCOC(=O)c1ccccc1C(=O)OCCCC(C)CCCC. The maximum Gasteiger partial charge on any atom is 0.339 e. The molecule has 0 heterocycles. The van der Waals surface area contributed by atoms with Crippen LogP contribution in [0.4, 0.5) is 0 Å². The molecule has 0 amide bonds. The highest BCUT2D eigenvalue weighted by Gasteiger charge is 2.19. The molecule has 30 heavy (non-hydrogen) atoms. The number of carbonyl (C=O) groups is 2. The molecule has 0 radical (unpaired) electrons. The average Bonchev–Trinajstić information content (AvgIpc) is 2.76. The van der Waals surface area contributed by atoms with Crippen molar-refractivity contribution in [3.8, 4) is 0 Å². The molecule has 1 aromatic rings. The Morgan fingerprint density at radius 2 is 1.17 bits per heavy atom. The molecular weight excluding hydrogens is 376 g/mol. The van der Waals surface area contributed by atoms with Crippen molar-refractivity contribution in [3.05, 3.63) is 35.4 Å². The smallest absolute Gasteiger partial charge is 0.339 e. The van der Waals surface area contributed by atoms with Gasteiger partial charge >= 0.3 is 11.9 Å². The Bertz CT molecular complexity index is 596. The number of carbonyl (C=O) groups excluding carboxylic acids is 2. The van der Waals surface area contributed by atoms with E-state index in [9.17, 15) is 9.59 Å². The van der Waals surface area contributed by atoms with Crippen molar-refractivity contribution < 1.29 is 19.1 Å². The predicted molar refractivity (Wildman–Crippen MR) is 123 cm³/mol. The maximum atomic E-state index is 12.5. The van der Waals surface area contributed by atoms with E-state index in [0.29, 0.717) is 30.3 Å².